The lowest BCUT2D eigenvalue weighted by Gasteiger charge is -2.07. The number of para-hydroxylation sites is 1. The van der Waals surface area contributed by atoms with Crippen LogP contribution in [0.15, 0.2) is 18.2 Å². The van der Waals surface area contributed by atoms with Gasteiger partial charge in [-0.05, 0) is 38.0 Å². The average Bonchev–Trinajstić information content (AvgIpc) is 2.63. The number of nitrogens with two attached hydrogens (primary N) is 1. The fraction of sp³-hybridized carbons (Fsp3) is 0.308. The van der Waals surface area contributed by atoms with Crippen molar-refractivity contribution >= 4 is 11.4 Å². The standard InChI is InChI=1S/C13H16N4O2/c1-4-10-8(2)15-16(9(10)3)12-7-5-6-11(14)13(12)17(18)19/h5-7H,4,14H2,1-3H3. The van der Waals surface area contributed by atoms with E-state index in [0.717, 1.165) is 23.4 Å². The molecule has 0 saturated carbocycles. The Morgan fingerprint density at radius 2 is 2.11 bits per heavy atom. The maximum atomic E-state index is 11.2. The lowest BCUT2D eigenvalue weighted by molar-refractivity contribution is -0.383. The molecule has 0 saturated heterocycles. The highest BCUT2D eigenvalue weighted by molar-refractivity contribution is 5.69. The zero-order valence-electron chi connectivity index (χ0n) is 11.2. The SMILES string of the molecule is CCc1c(C)nn(-c2cccc(N)c2[N+](=O)[O-])c1C. The predicted octanol–water partition coefficient (Wildman–Crippen LogP) is 2.54. The van der Waals surface area contributed by atoms with Gasteiger partial charge in [-0.1, -0.05) is 13.0 Å². The average molecular weight is 260 g/mol. The van der Waals surface area contributed by atoms with E-state index in [1.165, 1.54) is 6.07 Å². The van der Waals surface area contributed by atoms with E-state index in [4.69, 9.17) is 5.73 Å². The van der Waals surface area contributed by atoms with E-state index < -0.39 is 4.92 Å². The first kappa shape index (κ1) is 13.1. The molecule has 6 heteroatoms. The molecule has 0 unspecified atom stereocenters. The Kier molecular flexibility index (Phi) is 3.25. The highest BCUT2D eigenvalue weighted by atomic mass is 16.6. The molecule has 2 N–H and O–H groups in total. The Bertz CT molecular complexity index is 646. The molecule has 0 aliphatic carbocycles. The molecule has 2 rings (SSSR count). The number of nitrogen functional groups attached to an aromatic ring is 1. The number of aromatic nitrogens is 2. The summed E-state index contributed by atoms with van der Waals surface area (Å²) in [5.74, 6) is 0. The number of nitro groups is 1. The van der Waals surface area contributed by atoms with Crippen LogP contribution in [0.4, 0.5) is 11.4 Å². The normalized spacial score (nSPS) is 10.7. The van der Waals surface area contributed by atoms with Crippen molar-refractivity contribution in [2.45, 2.75) is 27.2 Å². The van der Waals surface area contributed by atoms with Gasteiger partial charge in [0.1, 0.15) is 11.4 Å². The monoisotopic (exact) mass is 260 g/mol. The molecular formula is C13H16N4O2. The van der Waals surface area contributed by atoms with Gasteiger partial charge < -0.3 is 5.73 Å². The van der Waals surface area contributed by atoms with Crippen LogP contribution < -0.4 is 5.73 Å². The molecule has 0 aliphatic heterocycles. The van der Waals surface area contributed by atoms with E-state index in [9.17, 15) is 10.1 Å². The summed E-state index contributed by atoms with van der Waals surface area (Å²) in [6, 6.07) is 4.88. The molecule has 1 aromatic carbocycles. The van der Waals surface area contributed by atoms with Crippen LogP contribution in [0.25, 0.3) is 5.69 Å². The zero-order chi connectivity index (χ0) is 14.2. The van der Waals surface area contributed by atoms with Gasteiger partial charge in [0, 0.05) is 5.69 Å². The van der Waals surface area contributed by atoms with E-state index >= 15 is 0 Å². The fourth-order valence-corrected chi connectivity index (χ4v) is 2.34. The first-order valence-electron chi connectivity index (χ1n) is 6.05. The Labute approximate surface area is 111 Å². The molecule has 0 aliphatic rings. The van der Waals surface area contributed by atoms with Crippen LogP contribution in [-0.4, -0.2) is 14.7 Å². The van der Waals surface area contributed by atoms with Crippen LogP contribution in [0.1, 0.15) is 23.9 Å². The van der Waals surface area contributed by atoms with Crippen molar-refractivity contribution in [2.24, 2.45) is 0 Å². The van der Waals surface area contributed by atoms with Gasteiger partial charge >= 0.3 is 5.69 Å². The van der Waals surface area contributed by atoms with Crippen molar-refractivity contribution in [1.82, 2.24) is 9.78 Å². The van der Waals surface area contributed by atoms with Crippen molar-refractivity contribution in [3.8, 4) is 5.69 Å². The second kappa shape index (κ2) is 4.72. The third kappa shape index (κ3) is 2.05. The first-order valence-corrected chi connectivity index (χ1v) is 6.05. The van der Waals surface area contributed by atoms with Gasteiger partial charge in [0.25, 0.3) is 0 Å². The summed E-state index contributed by atoms with van der Waals surface area (Å²) in [7, 11) is 0. The van der Waals surface area contributed by atoms with Crippen LogP contribution in [-0.2, 0) is 6.42 Å². The van der Waals surface area contributed by atoms with Gasteiger partial charge in [-0.2, -0.15) is 5.10 Å². The number of benzene rings is 1. The minimum Gasteiger partial charge on any atom is -0.393 e. The minimum atomic E-state index is -0.466. The molecule has 19 heavy (non-hydrogen) atoms. The number of nitro benzene ring substituents is 1. The zero-order valence-corrected chi connectivity index (χ0v) is 11.2. The molecule has 0 bridgehead atoms. The van der Waals surface area contributed by atoms with Crippen LogP contribution >= 0.6 is 0 Å². The molecule has 100 valence electrons. The molecule has 1 aromatic heterocycles. The number of hydrogen-bond donors (Lipinski definition) is 1. The fourth-order valence-electron chi connectivity index (χ4n) is 2.34. The summed E-state index contributed by atoms with van der Waals surface area (Å²) in [5, 5.41) is 15.6. The molecular weight excluding hydrogens is 244 g/mol. The summed E-state index contributed by atoms with van der Waals surface area (Å²) in [5.41, 5.74) is 9.06. The number of anilines is 1. The van der Waals surface area contributed by atoms with E-state index in [1.54, 1.807) is 16.8 Å². The van der Waals surface area contributed by atoms with Gasteiger partial charge in [0.05, 0.1) is 10.6 Å². The number of aryl methyl sites for hydroxylation is 1. The Morgan fingerprint density at radius 3 is 2.63 bits per heavy atom. The van der Waals surface area contributed by atoms with E-state index in [-0.39, 0.29) is 11.4 Å². The van der Waals surface area contributed by atoms with E-state index in [1.807, 2.05) is 20.8 Å². The van der Waals surface area contributed by atoms with E-state index in [2.05, 4.69) is 5.10 Å². The summed E-state index contributed by atoms with van der Waals surface area (Å²) in [6.45, 7) is 5.85. The number of hydrogen-bond acceptors (Lipinski definition) is 4. The highest BCUT2D eigenvalue weighted by Crippen LogP contribution is 2.30. The van der Waals surface area contributed by atoms with Crippen LogP contribution in [0, 0.1) is 24.0 Å². The lowest BCUT2D eigenvalue weighted by Crippen LogP contribution is -2.06. The predicted molar refractivity (Wildman–Crippen MR) is 73.5 cm³/mol. The molecule has 0 radical (unpaired) electrons. The summed E-state index contributed by atoms with van der Waals surface area (Å²) < 4.78 is 1.60. The number of rotatable bonds is 3. The molecule has 0 spiro atoms. The maximum Gasteiger partial charge on any atom is 0.317 e. The van der Waals surface area contributed by atoms with Crippen LogP contribution in [0.3, 0.4) is 0 Å². The molecule has 6 nitrogen and oxygen atoms in total. The third-order valence-electron chi connectivity index (χ3n) is 3.25. The smallest absolute Gasteiger partial charge is 0.317 e. The quantitative estimate of drug-likeness (QED) is 0.522. The van der Waals surface area contributed by atoms with Gasteiger partial charge in [0.2, 0.25) is 0 Å². The second-order valence-electron chi connectivity index (χ2n) is 4.39. The second-order valence-corrected chi connectivity index (χ2v) is 4.39. The molecule has 2 aromatic rings. The van der Waals surface area contributed by atoms with Crippen LogP contribution in [0.5, 0.6) is 0 Å². The van der Waals surface area contributed by atoms with Gasteiger partial charge in [0.15, 0.2) is 0 Å². The van der Waals surface area contributed by atoms with E-state index in [0.29, 0.717) is 5.69 Å². The Morgan fingerprint density at radius 1 is 1.42 bits per heavy atom. The summed E-state index contributed by atoms with van der Waals surface area (Å²) >= 11 is 0. The Balaban J connectivity index is 2.73. The lowest BCUT2D eigenvalue weighted by atomic mass is 10.1. The number of nitrogens with zero attached hydrogens (tertiary/aromatic N) is 3. The van der Waals surface area contributed by atoms with Gasteiger partial charge in [-0.15, -0.1) is 0 Å². The molecule has 1 heterocycles. The Hall–Kier alpha value is -2.37. The third-order valence-corrected chi connectivity index (χ3v) is 3.25. The van der Waals surface area contributed by atoms with Crippen LogP contribution in [0.2, 0.25) is 0 Å². The maximum absolute atomic E-state index is 11.2. The summed E-state index contributed by atoms with van der Waals surface area (Å²) in [4.78, 5) is 10.7. The van der Waals surface area contributed by atoms with Gasteiger partial charge in [-0.25, -0.2) is 4.68 Å². The largest absolute Gasteiger partial charge is 0.393 e. The topological polar surface area (TPSA) is 87.0 Å². The first-order chi connectivity index (χ1) is 8.97. The minimum absolute atomic E-state index is 0.101. The van der Waals surface area contributed by atoms with Crippen molar-refractivity contribution < 1.29 is 4.92 Å². The van der Waals surface area contributed by atoms with Crippen molar-refractivity contribution in [2.75, 3.05) is 5.73 Å². The molecule has 0 amide bonds. The van der Waals surface area contributed by atoms with Crippen molar-refractivity contribution in [1.29, 1.82) is 0 Å². The molecule has 0 atom stereocenters. The van der Waals surface area contributed by atoms with Crippen molar-refractivity contribution in [3.05, 3.63) is 45.3 Å². The highest BCUT2D eigenvalue weighted by Gasteiger charge is 2.22. The van der Waals surface area contributed by atoms with Crippen molar-refractivity contribution in [3.63, 3.8) is 0 Å². The summed E-state index contributed by atoms with van der Waals surface area (Å²) in [6.07, 6.45) is 0.841. The molecule has 0 fully saturated rings. The van der Waals surface area contributed by atoms with Gasteiger partial charge in [-0.3, -0.25) is 10.1 Å².